The van der Waals surface area contributed by atoms with E-state index in [0.717, 1.165) is 6.26 Å². The summed E-state index contributed by atoms with van der Waals surface area (Å²) in [5.41, 5.74) is 1.04. The molecule has 8 heteroatoms. The van der Waals surface area contributed by atoms with Crippen molar-refractivity contribution in [2.45, 2.75) is 18.4 Å². The lowest BCUT2D eigenvalue weighted by atomic mass is 10.3. The maximum Gasteiger partial charge on any atom is 0.240 e. The number of sulfone groups is 1. The number of benzene rings is 1. The molecule has 0 spiro atoms. The van der Waals surface area contributed by atoms with E-state index in [1.807, 2.05) is 6.92 Å². The fourth-order valence-corrected chi connectivity index (χ4v) is 3.13. The van der Waals surface area contributed by atoms with Crippen molar-refractivity contribution in [2.75, 3.05) is 12.8 Å². The van der Waals surface area contributed by atoms with Crippen LogP contribution in [0.5, 0.6) is 0 Å². The number of nitrogens with zero attached hydrogens (tertiary/aromatic N) is 1. The van der Waals surface area contributed by atoms with Gasteiger partial charge in [-0.15, -0.1) is 0 Å². The molecular formula is C12H15N3O3S2. The number of amides is 1. The molecular weight excluding hydrogens is 298 g/mol. The number of hydrogen-bond acceptors (Lipinski definition) is 4. The van der Waals surface area contributed by atoms with Gasteiger partial charge in [-0.1, -0.05) is 6.07 Å². The van der Waals surface area contributed by atoms with Crippen LogP contribution in [0.1, 0.15) is 6.92 Å². The van der Waals surface area contributed by atoms with Crippen LogP contribution >= 0.6 is 12.2 Å². The Balaban J connectivity index is 2.62. The maximum atomic E-state index is 11.7. The van der Waals surface area contributed by atoms with Gasteiger partial charge in [0.15, 0.2) is 14.6 Å². The number of para-hydroxylation sites is 1. The van der Waals surface area contributed by atoms with Crippen LogP contribution in [0.25, 0.3) is 11.0 Å². The average Bonchev–Trinajstić information content (AvgIpc) is 2.65. The molecule has 1 amide bonds. The van der Waals surface area contributed by atoms with E-state index in [0.29, 0.717) is 22.3 Å². The molecule has 2 rings (SSSR count). The highest BCUT2D eigenvalue weighted by Crippen LogP contribution is 2.22. The SMILES string of the molecule is CCNC(=O)Cn1c(=S)[nH]c2c(S(C)(=O)=O)cccc21. The van der Waals surface area contributed by atoms with Crippen LogP contribution in [-0.4, -0.2) is 36.7 Å². The first kappa shape index (κ1) is 14.7. The van der Waals surface area contributed by atoms with Crippen molar-refractivity contribution in [3.63, 3.8) is 0 Å². The molecule has 0 saturated carbocycles. The highest BCUT2D eigenvalue weighted by molar-refractivity contribution is 7.91. The molecule has 0 bridgehead atoms. The van der Waals surface area contributed by atoms with Crippen LogP contribution in [0, 0.1) is 4.77 Å². The molecule has 108 valence electrons. The number of likely N-dealkylation sites (N-methyl/N-ethyl adjacent to an activating group) is 1. The van der Waals surface area contributed by atoms with Gasteiger partial charge in [0.25, 0.3) is 0 Å². The van der Waals surface area contributed by atoms with Crippen molar-refractivity contribution in [3.05, 3.63) is 23.0 Å². The number of aromatic amines is 1. The molecule has 0 aliphatic rings. The molecule has 2 aromatic rings. The van der Waals surface area contributed by atoms with Crippen molar-refractivity contribution >= 4 is 39.0 Å². The van der Waals surface area contributed by atoms with Crippen LogP contribution in [0.2, 0.25) is 0 Å². The van der Waals surface area contributed by atoms with Gasteiger partial charge in [-0.3, -0.25) is 4.79 Å². The fourth-order valence-electron chi connectivity index (χ4n) is 2.02. The zero-order valence-electron chi connectivity index (χ0n) is 11.1. The van der Waals surface area contributed by atoms with Crippen LogP contribution in [0.3, 0.4) is 0 Å². The molecule has 1 aromatic carbocycles. The summed E-state index contributed by atoms with van der Waals surface area (Å²) in [7, 11) is -3.36. The number of rotatable bonds is 4. The summed E-state index contributed by atoms with van der Waals surface area (Å²) >= 11 is 5.17. The van der Waals surface area contributed by atoms with Crippen molar-refractivity contribution in [2.24, 2.45) is 0 Å². The second kappa shape index (κ2) is 5.37. The van der Waals surface area contributed by atoms with E-state index < -0.39 is 9.84 Å². The second-order valence-electron chi connectivity index (χ2n) is 4.39. The first-order chi connectivity index (χ1) is 9.34. The molecule has 2 N–H and O–H groups in total. The molecule has 0 fully saturated rings. The van der Waals surface area contributed by atoms with Gasteiger partial charge in [0.05, 0.1) is 15.9 Å². The van der Waals surface area contributed by atoms with Crippen LogP contribution < -0.4 is 5.32 Å². The number of hydrogen-bond donors (Lipinski definition) is 2. The molecule has 20 heavy (non-hydrogen) atoms. The van der Waals surface area contributed by atoms with E-state index in [1.165, 1.54) is 6.07 Å². The van der Waals surface area contributed by atoms with E-state index in [-0.39, 0.29) is 17.3 Å². The average molecular weight is 313 g/mol. The second-order valence-corrected chi connectivity index (χ2v) is 6.76. The summed E-state index contributed by atoms with van der Waals surface area (Å²) in [4.78, 5) is 14.7. The Morgan fingerprint density at radius 3 is 2.75 bits per heavy atom. The van der Waals surface area contributed by atoms with Gasteiger partial charge in [0.1, 0.15) is 6.54 Å². The zero-order valence-corrected chi connectivity index (χ0v) is 12.8. The molecule has 1 aromatic heterocycles. The van der Waals surface area contributed by atoms with Gasteiger partial charge < -0.3 is 14.9 Å². The summed E-state index contributed by atoms with van der Waals surface area (Å²) in [5.74, 6) is -0.172. The van der Waals surface area contributed by atoms with Crippen LogP contribution in [-0.2, 0) is 21.2 Å². The Bertz CT molecular complexity index is 818. The largest absolute Gasteiger partial charge is 0.355 e. The first-order valence-electron chi connectivity index (χ1n) is 6.03. The first-order valence-corrected chi connectivity index (χ1v) is 8.33. The molecule has 0 radical (unpaired) electrons. The van der Waals surface area contributed by atoms with Crippen molar-refractivity contribution in [1.82, 2.24) is 14.9 Å². The van der Waals surface area contributed by atoms with E-state index >= 15 is 0 Å². The van der Waals surface area contributed by atoms with Crippen LogP contribution in [0.15, 0.2) is 23.1 Å². The Hall–Kier alpha value is -1.67. The number of nitrogens with one attached hydrogen (secondary N) is 2. The topological polar surface area (TPSA) is 84.0 Å². The third-order valence-corrected chi connectivity index (χ3v) is 4.31. The number of carbonyl (C=O) groups excluding carboxylic acids is 1. The normalized spacial score (nSPS) is 11.7. The van der Waals surface area contributed by atoms with Gasteiger partial charge in [-0.05, 0) is 31.3 Å². The minimum atomic E-state index is -3.36. The van der Waals surface area contributed by atoms with Gasteiger partial charge >= 0.3 is 0 Å². The number of carbonyl (C=O) groups is 1. The Labute approximate surface area is 121 Å². The highest BCUT2D eigenvalue weighted by atomic mass is 32.2. The summed E-state index contributed by atoms with van der Waals surface area (Å²) in [5, 5.41) is 2.68. The highest BCUT2D eigenvalue weighted by Gasteiger charge is 2.16. The van der Waals surface area contributed by atoms with E-state index in [4.69, 9.17) is 12.2 Å². The molecule has 0 unspecified atom stereocenters. The van der Waals surface area contributed by atoms with Gasteiger partial charge in [0.2, 0.25) is 5.91 Å². The smallest absolute Gasteiger partial charge is 0.240 e. The monoisotopic (exact) mass is 313 g/mol. The number of aromatic nitrogens is 2. The molecule has 0 saturated heterocycles. The third kappa shape index (κ3) is 2.75. The van der Waals surface area contributed by atoms with E-state index in [1.54, 1.807) is 16.7 Å². The predicted molar refractivity (Wildman–Crippen MR) is 78.9 cm³/mol. The molecule has 0 aliphatic heterocycles. The van der Waals surface area contributed by atoms with Crippen LogP contribution in [0.4, 0.5) is 0 Å². The lowest BCUT2D eigenvalue weighted by Gasteiger charge is -2.05. The Morgan fingerprint density at radius 2 is 2.15 bits per heavy atom. The summed E-state index contributed by atoms with van der Waals surface area (Å²) < 4.78 is 25.4. The molecule has 6 nitrogen and oxygen atoms in total. The summed E-state index contributed by atoms with van der Waals surface area (Å²) in [6.45, 7) is 2.41. The standard InChI is InChI=1S/C12H15N3O3S2/c1-3-13-10(16)7-15-8-5-4-6-9(20(2,17)18)11(8)14-12(15)19/h4-6H,3,7H2,1-2H3,(H,13,16)(H,14,19). The number of H-pyrrole nitrogens is 1. The van der Waals surface area contributed by atoms with Crippen molar-refractivity contribution in [3.8, 4) is 0 Å². The predicted octanol–water partition coefficient (Wildman–Crippen LogP) is 1.24. The Kier molecular flexibility index (Phi) is 3.96. The molecule has 1 heterocycles. The summed E-state index contributed by atoms with van der Waals surface area (Å²) in [6, 6.07) is 4.88. The van der Waals surface area contributed by atoms with Crippen molar-refractivity contribution < 1.29 is 13.2 Å². The van der Waals surface area contributed by atoms with Gasteiger partial charge in [-0.25, -0.2) is 8.42 Å². The molecule has 0 atom stereocenters. The van der Waals surface area contributed by atoms with E-state index in [9.17, 15) is 13.2 Å². The molecule has 0 aliphatic carbocycles. The number of fused-ring (bicyclic) bond motifs is 1. The van der Waals surface area contributed by atoms with Gasteiger partial charge in [-0.2, -0.15) is 0 Å². The quantitative estimate of drug-likeness (QED) is 0.832. The van der Waals surface area contributed by atoms with Gasteiger partial charge in [0, 0.05) is 12.8 Å². The fraction of sp³-hybridized carbons (Fsp3) is 0.333. The minimum Gasteiger partial charge on any atom is -0.355 e. The maximum absolute atomic E-state index is 11.7. The zero-order chi connectivity index (χ0) is 14.9. The number of imidazole rings is 1. The minimum absolute atomic E-state index is 0.0554. The van der Waals surface area contributed by atoms with E-state index in [2.05, 4.69) is 10.3 Å². The van der Waals surface area contributed by atoms with Crippen molar-refractivity contribution in [1.29, 1.82) is 0 Å². The lowest BCUT2D eigenvalue weighted by Crippen LogP contribution is -2.27. The summed E-state index contributed by atoms with van der Waals surface area (Å²) in [6.07, 6.45) is 1.14. The third-order valence-electron chi connectivity index (χ3n) is 2.85. The lowest BCUT2D eigenvalue weighted by molar-refractivity contribution is -0.121. The Morgan fingerprint density at radius 1 is 1.45 bits per heavy atom.